The first-order valence-electron chi connectivity index (χ1n) is 7.12. The highest BCUT2D eigenvalue weighted by Gasteiger charge is 2.10. The Hall–Kier alpha value is -2.07. The summed E-state index contributed by atoms with van der Waals surface area (Å²) < 4.78 is 7.27. The maximum atomic E-state index is 12.1. The predicted molar refractivity (Wildman–Crippen MR) is 82.8 cm³/mol. The van der Waals surface area contributed by atoms with Crippen LogP contribution in [0.3, 0.4) is 0 Å². The molecular formula is C17H21NO3. The lowest BCUT2D eigenvalue weighted by molar-refractivity contribution is 0.199. The second kappa shape index (κ2) is 6.59. The van der Waals surface area contributed by atoms with Gasteiger partial charge in [0, 0.05) is 17.3 Å². The van der Waals surface area contributed by atoms with Crippen molar-refractivity contribution in [1.82, 2.24) is 4.57 Å². The number of aliphatic hydroxyl groups is 1. The second-order valence-corrected chi connectivity index (χ2v) is 5.10. The third-order valence-corrected chi connectivity index (χ3v) is 3.42. The number of aromatic nitrogens is 1. The molecule has 21 heavy (non-hydrogen) atoms. The largest absolute Gasteiger partial charge is 0.494 e. The van der Waals surface area contributed by atoms with Crippen molar-refractivity contribution in [2.75, 3.05) is 6.61 Å². The predicted octanol–water partition coefficient (Wildman–Crippen LogP) is 2.66. The van der Waals surface area contributed by atoms with Crippen molar-refractivity contribution >= 4 is 0 Å². The summed E-state index contributed by atoms with van der Waals surface area (Å²) in [5.74, 6) is 0.746. The molecule has 0 aliphatic heterocycles. The minimum Gasteiger partial charge on any atom is -0.494 e. The van der Waals surface area contributed by atoms with E-state index in [0.29, 0.717) is 18.7 Å². The van der Waals surface area contributed by atoms with E-state index in [1.54, 1.807) is 30.7 Å². The van der Waals surface area contributed by atoms with E-state index >= 15 is 0 Å². The van der Waals surface area contributed by atoms with Gasteiger partial charge in [-0.1, -0.05) is 12.1 Å². The van der Waals surface area contributed by atoms with Crippen LogP contribution in [0.15, 0.2) is 41.3 Å². The van der Waals surface area contributed by atoms with Crippen molar-refractivity contribution < 1.29 is 9.84 Å². The zero-order chi connectivity index (χ0) is 15.4. The van der Waals surface area contributed by atoms with Crippen LogP contribution in [-0.2, 0) is 6.54 Å². The van der Waals surface area contributed by atoms with Crippen molar-refractivity contribution in [2.45, 2.75) is 33.4 Å². The van der Waals surface area contributed by atoms with Gasteiger partial charge in [-0.3, -0.25) is 4.79 Å². The zero-order valence-corrected chi connectivity index (χ0v) is 12.7. The summed E-state index contributed by atoms with van der Waals surface area (Å²) in [6.07, 6.45) is 1.22. The second-order valence-electron chi connectivity index (χ2n) is 5.10. The summed E-state index contributed by atoms with van der Waals surface area (Å²) in [6, 6.07) is 9.24. The molecule has 4 heteroatoms. The van der Waals surface area contributed by atoms with Crippen molar-refractivity contribution in [3.05, 3.63) is 63.6 Å². The summed E-state index contributed by atoms with van der Waals surface area (Å²) in [6.45, 7) is 6.43. The van der Waals surface area contributed by atoms with Crippen LogP contribution in [0.2, 0.25) is 0 Å². The van der Waals surface area contributed by atoms with Crippen LogP contribution in [0.25, 0.3) is 0 Å². The first-order valence-corrected chi connectivity index (χ1v) is 7.12. The number of ether oxygens (including phenoxy) is 1. The van der Waals surface area contributed by atoms with E-state index in [4.69, 9.17) is 4.74 Å². The lowest BCUT2D eigenvalue weighted by atomic mass is 10.1. The molecule has 1 aromatic carbocycles. The molecule has 0 fully saturated rings. The molecule has 1 heterocycles. The molecule has 0 spiro atoms. The highest BCUT2D eigenvalue weighted by Crippen LogP contribution is 2.24. The molecule has 0 saturated carbocycles. The number of aryl methyl sites for hydroxylation is 1. The Labute approximate surface area is 124 Å². The van der Waals surface area contributed by atoms with Crippen LogP contribution in [0.4, 0.5) is 0 Å². The fourth-order valence-corrected chi connectivity index (χ4v) is 2.24. The van der Waals surface area contributed by atoms with Gasteiger partial charge in [0.15, 0.2) is 0 Å². The van der Waals surface area contributed by atoms with Gasteiger partial charge in [0.05, 0.1) is 19.3 Å². The van der Waals surface area contributed by atoms with Crippen LogP contribution in [0.5, 0.6) is 5.75 Å². The molecule has 112 valence electrons. The van der Waals surface area contributed by atoms with Gasteiger partial charge in [-0.25, -0.2) is 0 Å². The third-order valence-electron chi connectivity index (χ3n) is 3.42. The van der Waals surface area contributed by atoms with Gasteiger partial charge in [-0.2, -0.15) is 0 Å². The quantitative estimate of drug-likeness (QED) is 0.920. The maximum Gasteiger partial charge on any atom is 0.253 e. The SMILES string of the molecule is CCOc1ccc(C(C)O)cc1Cn1cccc(C)c1=O. The molecule has 1 atom stereocenters. The number of nitrogens with zero attached hydrogens (tertiary/aromatic N) is 1. The molecule has 1 N–H and O–H groups in total. The average Bonchev–Trinajstić information content (AvgIpc) is 2.45. The number of benzene rings is 1. The normalized spacial score (nSPS) is 12.2. The Bertz CT molecular complexity index is 674. The maximum absolute atomic E-state index is 12.1. The van der Waals surface area contributed by atoms with E-state index in [-0.39, 0.29) is 5.56 Å². The number of rotatable bonds is 5. The molecule has 4 nitrogen and oxygen atoms in total. The van der Waals surface area contributed by atoms with E-state index in [2.05, 4.69) is 0 Å². The lowest BCUT2D eigenvalue weighted by Crippen LogP contribution is -2.22. The fourth-order valence-electron chi connectivity index (χ4n) is 2.24. The van der Waals surface area contributed by atoms with Gasteiger partial charge >= 0.3 is 0 Å². The molecule has 0 saturated heterocycles. The van der Waals surface area contributed by atoms with Crippen molar-refractivity contribution in [1.29, 1.82) is 0 Å². The average molecular weight is 287 g/mol. The topological polar surface area (TPSA) is 51.5 Å². The van der Waals surface area contributed by atoms with Crippen molar-refractivity contribution in [2.24, 2.45) is 0 Å². The first-order chi connectivity index (χ1) is 10.0. The summed E-state index contributed by atoms with van der Waals surface area (Å²) in [5.41, 5.74) is 2.40. The van der Waals surface area contributed by atoms with Crippen LogP contribution in [0.1, 0.15) is 36.6 Å². The van der Waals surface area contributed by atoms with Gasteiger partial charge in [-0.05, 0) is 44.5 Å². The third kappa shape index (κ3) is 3.52. The van der Waals surface area contributed by atoms with Gasteiger partial charge < -0.3 is 14.4 Å². The molecular weight excluding hydrogens is 266 g/mol. The summed E-state index contributed by atoms with van der Waals surface area (Å²) in [4.78, 5) is 12.1. The number of hydrogen-bond acceptors (Lipinski definition) is 3. The molecule has 0 aliphatic carbocycles. The Kier molecular flexibility index (Phi) is 4.81. The highest BCUT2D eigenvalue weighted by molar-refractivity contribution is 5.38. The minimum atomic E-state index is -0.548. The Morgan fingerprint density at radius 1 is 1.33 bits per heavy atom. The van der Waals surface area contributed by atoms with Crippen molar-refractivity contribution in [3.63, 3.8) is 0 Å². The summed E-state index contributed by atoms with van der Waals surface area (Å²) in [5, 5.41) is 9.72. The molecule has 0 bridgehead atoms. The first kappa shape index (κ1) is 15.3. The number of hydrogen-bond donors (Lipinski definition) is 1. The van der Waals surface area contributed by atoms with Gasteiger partial charge in [0.2, 0.25) is 0 Å². The lowest BCUT2D eigenvalue weighted by Gasteiger charge is -2.15. The molecule has 2 rings (SSSR count). The van der Waals surface area contributed by atoms with E-state index in [9.17, 15) is 9.90 Å². The van der Waals surface area contributed by atoms with Gasteiger partial charge in [0.25, 0.3) is 5.56 Å². The number of pyridine rings is 1. The molecule has 0 radical (unpaired) electrons. The molecule has 1 aromatic heterocycles. The van der Waals surface area contributed by atoms with Gasteiger partial charge in [0.1, 0.15) is 5.75 Å². The van der Waals surface area contributed by atoms with Gasteiger partial charge in [-0.15, -0.1) is 0 Å². The van der Waals surface area contributed by atoms with Crippen LogP contribution < -0.4 is 10.3 Å². The van der Waals surface area contributed by atoms with Crippen LogP contribution >= 0.6 is 0 Å². The Balaban J connectivity index is 2.43. The summed E-state index contributed by atoms with van der Waals surface area (Å²) >= 11 is 0. The minimum absolute atomic E-state index is 0.0117. The number of aliphatic hydroxyl groups excluding tert-OH is 1. The molecule has 2 aromatic rings. The van der Waals surface area contributed by atoms with Crippen molar-refractivity contribution in [3.8, 4) is 5.75 Å². The molecule has 0 aliphatic rings. The van der Waals surface area contributed by atoms with E-state index in [0.717, 1.165) is 16.9 Å². The van der Waals surface area contributed by atoms with E-state index < -0.39 is 6.10 Å². The van der Waals surface area contributed by atoms with E-state index in [1.165, 1.54) is 0 Å². The molecule has 0 amide bonds. The summed E-state index contributed by atoms with van der Waals surface area (Å²) in [7, 11) is 0. The van der Waals surface area contributed by atoms with Crippen LogP contribution in [0, 0.1) is 6.92 Å². The highest BCUT2D eigenvalue weighted by atomic mass is 16.5. The van der Waals surface area contributed by atoms with Crippen LogP contribution in [-0.4, -0.2) is 16.3 Å². The zero-order valence-electron chi connectivity index (χ0n) is 12.7. The van der Waals surface area contributed by atoms with E-state index in [1.807, 2.05) is 31.2 Å². The Morgan fingerprint density at radius 2 is 2.10 bits per heavy atom. The fraction of sp³-hybridized carbons (Fsp3) is 0.353. The Morgan fingerprint density at radius 3 is 2.76 bits per heavy atom. The standard InChI is InChI=1S/C17H21NO3/c1-4-21-16-8-7-14(13(3)19)10-15(16)11-18-9-5-6-12(2)17(18)20/h5-10,13,19H,4,11H2,1-3H3. The smallest absolute Gasteiger partial charge is 0.253 e. The monoisotopic (exact) mass is 287 g/mol. The molecule has 1 unspecified atom stereocenters.